The van der Waals surface area contributed by atoms with Crippen molar-refractivity contribution in [2.24, 2.45) is 0 Å². The van der Waals surface area contributed by atoms with Crippen molar-refractivity contribution in [1.82, 2.24) is 9.97 Å². The molecule has 0 fully saturated rings. The van der Waals surface area contributed by atoms with E-state index in [1.807, 2.05) is 0 Å². The maximum atomic E-state index is 13.2. The molecule has 3 N–H and O–H groups in total. The number of nitrogens with two attached hydrogens (primary N) is 1. The summed E-state index contributed by atoms with van der Waals surface area (Å²) < 4.78 is 18.1. The van der Waals surface area contributed by atoms with Crippen molar-refractivity contribution in [2.45, 2.75) is 0 Å². The first-order valence-corrected chi connectivity index (χ1v) is 4.86. The number of rotatable bonds is 3. The fourth-order valence-electron chi connectivity index (χ4n) is 1.32. The van der Waals surface area contributed by atoms with Crippen LogP contribution in [0.15, 0.2) is 30.7 Å². The standard InChI is InChI=1S/C11H11FN4O/c1-17-10-4-7(2-3-8(10)12)16-11-9(13)5-14-6-15-11/h2-6H,13H2,1H3,(H,14,15,16). The lowest BCUT2D eigenvalue weighted by Gasteiger charge is -2.09. The van der Waals surface area contributed by atoms with Gasteiger partial charge in [-0.15, -0.1) is 0 Å². The van der Waals surface area contributed by atoms with E-state index >= 15 is 0 Å². The topological polar surface area (TPSA) is 73.1 Å². The summed E-state index contributed by atoms with van der Waals surface area (Å²) in [7, 11) is 1.40. The molecule has 88 valence electrons. The quantitative estimate of drug-likeness (QED) is 0.849. The normalized spacial score (nSPS) is 10.0. The van der Waals surface area contributed by atoms with Crippen LogP contribution in [0.3, 0.4) is 0 Å². The average molecular weight is 234 g/mol. The van der Waals surface area contributed by atoms with Gasteiger partial charge in [0.25, 0.3) is 0 Å². The minimum absolute atomic E-state index is 0.155. The van der Waals surface area contributed by atoms with Gasteiger partial charge in [-0.3, -0.25) is 0 Å². The number of nitrogen functional groups attached to an aromatic ring is 1. The van der Waals surface area contributed by atoms with E-state index in [-0.39, 0.29) is 5.75 Å². The summed E-state index contributed by atoms with van der Waals surface area (Å²) in [6.07, 6.45) is 2.86. The molecule has 0 amide bonds. The van der Waals surface area contributed by atoms with Gasteiger partial charge in [0.05, 0.1) is 19.0 Å². The van der Waals surface area contributed by atoms with Crippen LogP contribution in [0, 0.1) is 5.82 Å². The molecule has 0 aliphatic rings. The molecule has 1 heterocycles. The van der Waals surface area contributed by atoms with Gasteiger partial charge in [-0.25, -0.2) is 14.4 Å². The lowest BCUT2D eigenvalue weighted by Crippen LogP contribution is -2.00. The van der Waals surface area contributed by atoms with Crippen molar-refractivity contribution in [2.75, 3.05) is 18.2 Å². The Bertz CT molecular complexity index is 533. The first-order valence-electron chi connectivity index (χ1n) is 4.86. The van der Waals surface area contributed by atoms with Crippen molar-refractivity contribution < 1.29 is 9.13 Å². The molecule has 0 spiro atoms. The number of nitrogens with one attached hydrogen (secondary N) is 1. The van der Waals surface area contributed by atoms with Gasteiger partial charge in [0, 0.05) is 11.8 Å². The molecule has 6 heteroatoms. The summed E-state index contributed by atoms with van der Waals surface area (Å²) in [6.45, 7) is 0. The molecule has 2 aromatic rings. The van der Waals surface area contributed by atoms with E-state index in [1.165, 1.54) is 31.8 Å². The van der Waals surface area contributed by atoms with Gasteiger partial charge in [0.1, 0.15) is 6.33 Å². The third kappa shape index (κ3) is 2.41. The van der Waals surface area contributed by atoms with E-state index in [0.29, 0.717) is 17.2 Å². The Hall–Kier alpha value is -2.37. The fourth-order valence-corrected chi connectivity index (χ4v) is 1.32. The first-order chi connectivity index (χ1) is 8.20. The lowest BCUT2D eigenvalue weighted by molar-refractivity contribution is 0.387. The highest BCUT2D eigenvalue weighted by Gasteiger charge is 2.05. The molecule has 0 bridgehead atoms. The Morgan fingerprint density at radius 3 is 2.94 bits per heavy atom. The third-order valence-corrected chi connectivity index (χ3v) is 2.15. The molecule has 0 saturated heterocycles. The summed E-state index contributed by atoms with van der Waals surface area (Å²) in [4.78, 5) is 7.74. The van der Waals surface area contributed by atoms with Crippen molar-refractivity contribution in [3.63, 3.8) is 0 Å². The fraction of sp³-hybridized carbons (Fsp3) is 0.0909. The molecular weight excluding hydrogens is 223 g/mol. The van der Waals surface area contributed by atoms with Crippen LogP contribution in [0.4, 0.5) is 21.6 Å². The van der Waals surface area contributed by atoms with Gasteiger partial charge in [-0.05, 0) is 12.1 Å². The monoisotopic (exact) mass is 234 g/mol. The molecule has 0 aliphatic carbocycles. The number of aromatic nitrogens is 2. The van der Waals surface area contributed by atoms with E-state index in [2.05, 4.69) is 15.3 Å². The number of halogens is 1. The predicted molar refractivity (Wildman–Crippen MR) is 62.7 cm³/mol. The average Bonchev–Trinajstić information content (AvgIpc) is 2.34. The van der Waals surface area contributed by atoms with Crippen molar-refractivity contribution in [3.05, 3.63) is 36.5 Å². The summed E-state index contributed by atoms with van der Waals surface area (Å²) in [5, 5.41) is 2.95. The Labute approximate surface area is 97.5 Å². The van der Waals surface area contributed by atoms with Crippen LogP contribution in [0.25, 0.3) is 0 Å². The molecular formula is C11H11FN4O. The molecule has 0 unspecified atom stereocenters. The zero-order valence-corrected chi connectivity index (χ0v) is 9.14. The van der Waals surface area contributed by atoms with Gasteiger partial charge < -0.3 is 15.8 Å². The van der Waals surface area contributed by atoms with Gasteiger partial charge in [-0.1, -0.05) is 0 Å². The van der Waals surface area contributed by atoms with E-state index in [0.717, 1.165) is 0 Å². The molecule has 17 heavy (non-hydrogen) atoms. The predicted octanol–water partition coefficient (Wildman–Crippen LogP) is 1.95. The van der Waals surface area contributed by atoms with Gasteiger partial charge in [0.15, 0.2) is 17.4 Å². The van der Waals surface area contributed by atoms with Crippen LogP contribution in [-0.2, 0) is 0 Å². The largest absolute Gasteiger partial charge is 0.494 e. The number of benzene rings is 1. The van der Waals surface area contributed by atoms with Crippen LogP contribution in [0.2, 0.25) is 0 Å². The van der Waals surface area contributed by atoms with E-state index in [4.69, 9.17) is 10.5 Å². The van der Waals surface area contributed by atoms with Crippen molar-refractivity contribution in [3.8, 4) is 5.75 Å². The summed E-state index contributed by atoms with van der Waals surface area (Å²) >= 11 is 0. The van der Waals surface area contributed by atoms with Crippen LogP contribution in [-0.4, -0.2) is 17.1 Å². The maximum absolute atomic E-state index is 13.2. The van der Waals surface area contributed by atoms with Gasteiger partial charge >= 0.3 is 0 Å². The first kappa shape index (κ1) is 11.1. The molecule has 5 nitrogen and oxygen atoms in total. The van der Waals surface area contributed by atoms with E-state index < -0.39 is 5.82 Å². The zero-order valence-electron chi connectivity index (χ0n) is 9.14. The number of ether oxygens (including phenoxy) is 1. The number of methoxy groups -OCH3 is 1. The van der Waals surface area contributed by atoms with Crippen LogP contribution in [0.1, 0.15) is 0 Å². The summed E-state index contributed by atoms with van der Waals surface area (Å²) in [6, 6.07) is 4.40. The Morgan fingerprint density at radius 2 is 2.24 bits per heavy atom. The second-order valence-electron chi connectivity index (χ2n) is 3.30. The molecule has 0 saturated carbocycles. The number of hydrogen-bond acceptors (Lipinski definition) is 5. The highest BCUT2D eigenvalue weighted by molar-refractivity contribution is 5.68. The van der Waals surface area contributed by atoms with Crippen molar-refractivity contribution >= 4 is 17.2 Å². The van der Waals surface area contributed by atoms with E-state index in [9.17, 15) is 4.39 Å². The lowest BCUT2D eigenvalue weighted by atomic mass is 10.3. The van der Waals surface area contributed by atoms with Crippen LogP contribution >= 0.6 is 0 Å². The number of anilines is 3. The van der Waals surface area contributed by atoms with Crippen LogP contribution < -0.4 is 15.8 Å². The second kappa shape index (κ2) is 4.65. The molecule has 1 aromatic carbocycles. The maximum Gasteiger partial charge on any atom is 0.165 e. The molecule has 2 rings (SSSR count). The summed E-state index contributed by atoms with van der Waals surface area (Å²) in [5.74, 6) is 0.199. The Balaban J connectivity index is 2.28. The third-order valence-electron chi connectivity index (χ3n) is 2.15. The SMILES string of the molecule is COc1cc(Nc2ncncc2N)ccc1F. The summed E-state index contributed by atoms with van der Waals surface area (Å²) in [5.41, 5.74) is 6.72. The second-order valence-corrected chi connectivity index (χ2v) is 3.30. The zero-order chi connectivity index (χ0) is 12.3. The smallest absolute Gasteiger partial charge is 0.165 e. The van der Waals surface area contributed by atoms with E-state index in [1.54, 1.807) is 6.07 Å². The molecule has 1 aromatic heterocycles. The number of hydrogen-bond donors (Lipinski definition) is 2. The highest BCUT2D eigenvalue weighted by atomic mass is 19.1. The van der Waals surface area contributed by atoms with Gasteiger partial charge in [-0.2, -0.15) is 0 Å². The minimum Gasteiger partial charge on any atom is -0.494 e. The minimum atomic E-state index is -0.422. The van der Waals surface area contributed by atoms with Gasteiger partial charge in [0.2, 0.25) is 0 Å². The Morgan fingerprint density at radius 1 is 1.41 bits per heavy atom. The highest BCUT2D eigenvalue weighted by Crippen LogP contribution is 2.25. The molecule has 0 aliphatic heterocycles. The van der Waals surface area contributed by atoms with Crippen LogP contribution in [0.5, 0.6) is 5.75 Å². The molecule has 0 atom stereocenters. The molecule has 0 radical (unpaired) electrons. The van der Waals surface area contributed by atoms with Crippen molar-refractivity contribution in [1.29, 1.82) is 0 Å². The number of nitrogens with zero attached hydrogens (tertiary/aromatic N) is 2. The Kier molecular flexibility index (Phi) is 3.04.